The molecule has 0 atom stereocenters. The van der Waals surface area contributed by atoms with Crippen LogP contribution in [0.3, 0.4) is 0 Å². The van der Waals surface area contributed by atoms with E-state index < -0.39 is 0 Å². The molecule has 0 heterocycles. The number of benzene rings is 1. The van der Waals surface area contributed by atoms with Crippen LogP contribution in [0.2, 0.25) is 0 Å². The minimum absolute atomic E-state index is 1.28. The third kappa shape index (κ3) is 8.49. The highest BCUT2D eigenvalue weighted by Crippen LogP contribution is 2.26. The standard InChI is InChI=1S/C26H34S2/c1-2-6-10-25(9-5-1)21-27-19-17-23-13-15-24(16-14-23)18-20-28-22-26-11-7-3-4-8-12-26/h13-22H,1-12H2/b19-17+,20-18+. The van der Waals surface area contributed by atoms with Gasteiger partial charge in [0, 0.05) is 0 Å². The molecule has 1 aromatic carbocycles. The SMILES string of the molecule is C(S/C=C/c1ccc(/C=C/SC=C2CCCCCC2)cc1)=C1CCCCCC1. The lowest BCUT2D eigenvalue weighted by Gasteiger charge is -2.00. The van der Waals surface area contributed by atoms with Crippen LogP contribution in [0, 0.1) is 0 Å². The van der Waals surface area contributed by atoms with Crippen molar-refractivity contribution >= 4 is 35.7 Å². The molecule has 1 aromatic rings. The molecule has 0 amide bonds. The summed E-state index contributed by atoms with van der Waals surface area (Å²) < 4.78 is 0. The molecule has 0 aliphatic heterocycles. The van der Waals surface area contributed by atoms with Crippen molar-refractivity contribution in [2.45, 2.75) is 77.0 Å². The van der Waals surface area contributed by atoms with Gasteiger partial charge in [0.2, 0.25) is 0 Å². The quantitative estimate of drug-likeness (QED) is 0.428. The fourth-order valence-corrected chi connectivity index (χ4v) is 5.31. The first-order valence-corrected chi connectivity index (χ1v) is 12.9. The number of thioether (sulfide) groups is 2. The van der Waals surface area contributed by atoms with Crippen molar-refractivity contribution in [3.05, 3.63) is 68.2 Å². The molecule has 2 saturated carbocycles. The van der Waals surface area contributed by atoms with E-state index in [2.05, 4.69) is 58.0 Å². The Balaban J connectivity index is 1.42. The smallest absolute Gasteiger partial charge is 0.0242 e. The van der Waals surface area contributed by atoms with E-state index in [9.17, 15) is 0 Å². The number of allylic oxidation sites excluding steroid dienone is 2. The van der Waals surface area contributed by atoms with Gasteiger partial charge in [-0.05, 0) is 96.3 Å². The van der Waals surface area contributed by atoms with Crippen LogP contribution in [0.5, 0.6) is 0 Å². The number of rotatable bonds is 6. The van der Waals surface area contributed by atoms with Gasteiger partial charge in [0.1, 0.15) is 0 Å². The maximum absolute atomic E-state index is 2.37. The Labute approximate surface area is 180 Å². The summed E-state index contributed by atoms with van der Waals surface area (Å²) in [6.07, 6.45) is 20.8. The summed E-state index contributed by atoms with van der Waals surface area (Å²) in [5, 5.41) is 9.19. The van der Waals surface area contributed by atoms with Gasteiger partial charge in [-0.2, -0.15) is 0 Å². The summed E-state index contributed by atoms with van der Waals surface area (Å²) >= 11 is 3.67. The van der Waals surface area contributed by atoms with Crippen LogP contribution in [0.4, 0.5) is 0 Å². The highest BCUT2D eigenvalue weighted by Gasteiger charge is 2.04. The molecule has 0 saturated heterocycles. The zero-order chi connectivity index (χ0) is 19.3. The fourth-order valence-electron chi connectivity index (χ4n) is 3.83. The van der Waals surface area contributed by atoms with E-state index in [4.69, 9.17) is 0 Å². The molecule has 0 bridgehead atoms. The Bertz CT molecular complexity index is 611. The second kappa shape index (κ2) is 13.2. The lowest BCUT2D eigenvalue weighted by molar-refractivity contribution is 0.702. The van der Waals surface area contributed by atoms with Gasteiger partial charge in [-0.3, -0.25) is 0 Å². The van der Waals surface area contributed by atoms with E-state index >= 15 is 0 Å². The second-order valence-corrected chi connectivity index (χ2v) is 9.49. The fraction of sp³-hybridized carbons (Fsp3) is 0.462. The summed E-state index contributed by atoms with van der Waals surface area (Å²) in [7, 11) is 0. The van der Waals surface area contributed by atoms with Gasteiger partial charge < -0.3 is 0 Å². The highest BCUT2D eigenvalue weighted by atomic mass is 32.2. The molecular weight excluding hydrogens is 376 g/mol. The van der Waals surface area contributed by atoms with Gasteiger partial charge in [-0.15, -0.1) is 23.5 Å². The summed E-state index contributed by atoms with van der Waals surface area (Å²) in [6, 6.07) is 8.85. The van der Waals surface area contributed by atoms with E-state index in [1.165, 1.54) is 88.2 Å². The van der Waals surface area contributed by atoms with Crippen LogP contribution < -0.4 is 0 Å². The van der Waals surface area contributed by atoms with Crippen LogP contribution >= 0.6 is 23.5 Å². The first-order chi connectivity index (χ1) is 13.9. The largest absolute Gasteiger partial charge is 0.106 e. The Kier molecular flexibility index (Phi) is 10.2. The van der Waals surface area contributed by atoms with Crippen LogP contribution in [0.25, 0.3) is 12.2 Å². The topological polar surface area (TPSA) is 0 Å². The van der Waals surface area contributed by atoms with Crippen LogP contribution in [0.15, 0.2) is 57.0 Å². The first-order valence-electron chi connectivity index (χ1n) is 11.0. The molecule has 0 N–H and O–H groups in total. The molecular formula is C26H34S2. The van der Waals surface area contributed by atoms with Crippen molar-refractivity contribution in [3.8, 4) is 0 Å². The summed E-state index contributed by atoms with van der Waals surface area (Å²) in [5.74, 6) is 0. The molecule has 2 heteroatoms. The minimum atomic E-state index is 1.28. The van der Waals surface area contributed by atoms with Crippen LogP contribution in [0.1, 0.15) is 88.2 Å². The van der Waals surface area contributed by atoms with Crippen molar-refractivity contribution in [2.75, 3.05) is 0 Å². The third-order valence-corrected chi connectivity index (χ3v) is 7.10. The lowest BCUT2D eigenvalue weighted by Crippen LogP contribution is -1.78. The molecule has 28 heavy (non-hydrogen) atoms. The zero-order valence-corrected chi connectivity index (χ0v) is 18.7. The van der Waals surface area contributed by atoms with Crippen molar-refractivity contribution in [1.29, 1.82) is 0 Å². The molecule has 2 fully saturated rings. The molecule has 0 unspecified atom stereocenters. The second-order valence-electron chi connectivity index (χ2n) is 7.92. The van der Waals surface area contributed by atoms with Crippen LogP contribution in [-0.4, -0.2) is 0 Å². The maximum Gasteiger partial charge on any atom is -0.0242 e. The average Bonchev–Trinajstić information content (AvgIpc) is 3.15. The summed E-state index contributed by atoms with van der Waals surface area (Å²) in [5.41, 5.74) is 5.84. The molecule has 2 aliphatic rings. The maximum atomic E-state index is 2.37. The first kappa shape index (κ1) is 21.6. The molecule has 2 aliphatic carbocycles. The Morgan fingerprint density at radius 3 is 1.21 bits per heavy atom. The summed E-state index contributed by atoms with van der Waals surface area (Å²) in [4.78, 5) is 0. The third-order valence-electron chi connectivity index (χ3n) is 5.58. The van der Waals surface area contributed by atoms with Gasteiger partial charge in [0.25, 0.3) is 0 Å². The van der Waals surface area contributed by atoms with Gasteiger partial charge in [0.15, 0.2) is 0 Å². The Hall–Kier alpha value is -1.12. The molecule has 150 valence electrons. The predicted molar refractivity (Wildman–Crippen MR) is 131 cm³/mol. The Morgan fingerprint density at radius 2 is 0.857 bits per heavy atom. The van der Waals surface area contributed by atoms with Gasteiger partial charge in [-0.25, -0.2) is 0 Å². The monoisotopic (exact) mass is 410 g/mol. The van der Waals surface area contributed by atoms with Gasteiger partial charge in [0.05, 0.1) is 0 Å². The van der Waals surface area contributed by atoms with Crippen molar-refractivity contribution in [3.63, 3.8) is 0 Å². The normalized spacial score (nSPS) is 19.0. The highest BCUT2D eigenvalue weighted by molar-refractivity contribution is 8.05. The Morgan fingerprint density at radius 1 is 0.500 bits per heavy atom. The van der Waals surface area contributed by atoms with E-state index in [1.807, 2.05) is 23.5 Å². The molecule has 0 nitrogen and oxygen atoms in total. The summed E-state index contributed by atoms with van der Waals surface area (Å²) in [6.45, 7) is 0. The molecule has 0 radical (unpaired) electrons. The molecule has 0 spiro atoms. The predicted octanol–water partition coefficient (Wildman–Crippen LogP) is 9.57. The van der Waals surface area contributed by atoms with Crippen molar-refractivity contribution < 1.29 is 0 Å². The van der Waals surface area contributed by atoms with Crippen molar-refractivity contribution in [2.24, 2.45) is 0 Å². The van der Waals surface area contributed by atoms with E-state index in [0.29, 0.717) is 0 Å². The van der Waals surface area contributed by atoms with E-state index in [-0.39, 0.29) is 0 Å². The van der Waals surface area contributed by atoms with E-state index in [0.717, 1.165) is 0 Å². The molecule has 3 rings (SSSR count). The number of hydrogen-bond donors (Lipinski definition) is 0. The molecule has 0 aromatic heterocycles. The minimum Gasteiger partial charge on any atom is -0.106 e. The van der Waals surface area contributed by atoms with Crippen LogP contribution in [-0.2, 0) is 0 Å². The number of hydrogen-bond acceptors (Lipinski definition) is 2. The van der Waals surface area contributed by atoms with Gasteiger partial charge >= 0.3 is 0 Å². The zero-order valence-electron chi connectivity index (χ0n) is 17.1. The van der Waals surface area contributed by atoms with Gasteiger partial charge in [-0.1, -0.05) is 61.1 Å². The van der Waals surface area contributed by atoms with E-state index in [1.54, 1.807) is 11.1 Å². The lowest BCUT2D eigenvalue weighted by atomic mass is 10.1. The average molecular weight is 411 g/mol. The van der Waals surface area contributed by atoms with Crippen molar-refractivity contribution in [1.82, 2.24) is 0 Å².